The van der Waals surface area contributed by atoms with Crippen molar-refractivity contribution in [1.29, 1.82) is 0 Å². The average molecular weight is 207 g/mol. The summed E-state index contributed by atoms with van der Waals surface area (Å²) in [5.41, 5.74) is 0. The van der Waals surface area contributed by atoms with Crippen LogP contribution in [0.15, 0.2) is 24.3 Å². The lowest BCUT2D eigenvalue weighted by Crippen LogP contribution is -1.73. The number of hydrogen-bond acceptors (Lipinski definition) is 0. The van der Waals surface area contributed by atoms with E-state index in [0.717, 1.165) is 12.8 Å². The van der Waals surface area contributed by atoms with E-state index in [1.54, 1.807) is 0 Å². The summed E-state index contributed by atoms with van der Waals surface area (Å²) in [6, 6.07) is 0. The van der Waals surface area contributed by atoms with Crippen LogP contribution in [0.3, 0.4) is 0 Å². The Morgan fingerprint density at radius 2 is 1.33 bits per heavy atom. The molecule has 0 atom stereocenters. The second-order valence-corrected chi connectivity index (χ2v) is 4.01. The van der Waals surface area contributed by atoms with Crippen LogP contribution >= 0.6 is 0 Å². The third kappa shape index (κ3) is 13.5. The van der Waals surface area contributed by atoms with E-state index in [-0.39, 0.29) is 0 Å². The van der Waals surface area contributed by atoms with Gasteiger partial charge in [0.1, 0.15) is 0 Å². The summed E-state index contributed by atoms with van der Waals surface area (Å²) >= 11 is 0. The van der Waals surface area contributed by atoms with Crippen LogP contribution in [0.2, 0.25) is 0 Å². The Bertz CT molecular complexity index is 153. The Hall–Kier alpha value is -0.520. The van der Waals surface area contributed by atoms with E-state index < -0.39 is 0 Å². The zero-order valence-electron chi connectivity index (χ0n) is 10.4. The maximum atomic E-state index is 3.80. The highest BCUT2D eigenvalue weighted by Crippen LogP contribution is 2.04. The van der Waals surface area contributed by atoms with Crippen LogP contribution in [0.1, 0.15) is 64.7 Å². The Labute approximate surface area is 96.5 Å². The van der Waals surface area contributed by atoms with Crippen LogP contribution in [0.4, 0.5) is 0 Å². The van der Waals surface area contributed by atoms with Crippen molar-refractivity contribution in [2.45, 2.75) is 64.7 Å². The predicted octanol–water partition coefficient (Wildman–Crippen LogP) is 5.46. The minimum atomic E-state index is 1.02. The third-order valence-corrected chi connectivity index (χ3v) is 2.43. The molecular weight excluding hydrogens is 180 g/mol. The molecule has 0 spiro atoms. The molecule has 1 radical (unpaired) electrons. The van der Waals surface area contributed by atoms with Crippen molar-refractivity contribution < 1.29 is 0 Å². The fraction of sp³-hybridized carbons (Fsp3) is 0.667. The summed E-state index contributed by atoms with van der Waals surface area (Å²) in [5, 5.41) is 0. The number of unbranched alkanes of at least 4 members (excludes halogenated alkanes) is 6. The Kier molecular flexibility index (Phi) is 13.0. The summed E-state index contributed by atoms with van der Waals surface area (Å²) in [5.74, 6) is 0. The summed E-state index contributed by atoms with van der Waals surface area (Å²) in [6.07, 6.45) is 20.4. The van der Waals surface area contributed by atoms with Gasteiger partial charge in [-0.1, -0.05) is 57.4 Å². The molecule has 87 valence electrons. The minimum Gasteiger partial charge on any atom is -0.0885 e. The summed E-state index contributed by atoms with van der Waals surface area (Å²) < 4.78 is 0. The molecule has 0 fully saturated rings. The first kappa shape index (κ1) is 14.5. The largest absolute Gasteiger partial charge is 0.0885 e. The molecule has 0 rings (SSSR count). The van der Waals surface area contributed by atoms with Crippen LogP contribution < -0.4 is 0 Å². The summed E-state index contributed by atoms with van der Waals surface area (Å²) in [7, 11) is 0. The van der Waals surface area contributed by atoms with Gasteiger partial charge < -0.3 is 0 Å². The second kappa shape index (κ2) is 13.5. The van der Waals surface area contributed by atoms with Crippen molar-refractivity contribution in [1.82, 2.24) is 0 Å². The van der Waals surface area contributed by atoms with Crippen LogP contribution in [0.5, 0.6) is 0 Å². The summed E-state index contributed by atoms with van der Waals surface area (Å²) in [4.78, 5) is 0. The lowest BCUT2D eigenvalue weighted by molar-refractivity contribution is 0.674. The van der Waals surface area contributed by atoms with Gasteiger partial charge in [0.05, 0.1) is 0 Å². The zero-order chi connectivity index (χ0) is 11.2. The molecule has 0 heterocycles. The van der Waals surface area contributed by atoms with Crippen LogP contribution in [0, 0.1) is 6.92 Å². The zero-order valence-corrected chi connectivity index (χ0v) is 10.4. The van der Waals surface area contributed by atoms with E-state index in [1.807, 2.05) is 0 Å². The highest BCUT2D eigenvalue weighted by Gasteiger charge is 1.84. The number of rotatable bonds is 10. The maximum absolute atomic E-state index is 3.80. The first-order valence-corrected chi connectivity index (χ1v) is 6.51. The Morgan fingerprint density at radius 3 is 1.93 bits per heavy atom. The minimum absolute atomic E-state index is 1.02. The molecule has 0 saturated heterocycles. The van der Waals surface area contributed by atoms with Crippen molar-refractivity contribution in [3.05, 3.63) is 31.2 Å². The average Bonchev–Trinajstić information content (AvgIpc) is 2.26. The van der Waals surface area contributed by atoms with E-state index in [0.29, 0.717) is 0 Å². The molecular formula is C15H27. The Balaban J connectivity index is 3.10. The topological polar surface area (TPSA) is 0 Å². The SMILES string of the molecule is [CH2]CCC=CCCC=CCCCCCC. The lowest BCUT2D eigenvalue weighted by Gasteiger charge is -1.94. The van der Waals surface area contributed by atoms with Gasteiger partial charge in [0, 0.05) is 0 Å². The van der Waals surface area contributed by atoms with E-state index in [9.17, 15) is 0 Å². The van der Waals surface area contributed by atoms with Gasteiger partial charge >= 0.3 is 0 Å². The molecule has 0 N–H and O–H groups in total. The maximum Gasteiger partial charge on any atom is -0.0316 e. The van der Waals surface area contributed by atoms with Gasteiger partial charge in [-0.3, -0.25) is 0 Å². The first-order valence-electron chi connectivity index (χ1n) is 6.51. The molecule has 0 aromatic heterocycles. The van der Waals surface area contributed by atoms with Gasteiger partial charge in [-0.25, -0.2) is 0 Å². The summed E-state index contributed by atoms with van der Waals surface area (Å²) in [6.45, 7) is 6.06. The molecule has 0 amide bonds. The van der Waals surface area contributed by atoms with Crippen molar-refractivity contribution in [3.63, 3.8) is 0 Å². The predicted molar refractivity (Wildman–Crippen MR) is 70.9 cm³/mol. The molecule has 0 aromatic rings. The van der Waals surface area contributed by atoms with Crippen LogP contribution in [0.25, 0.3) is 0 Å². The van der Waals surface area contributed by atoms with E-state index in [2.05, 4.69) is 38.2 Å². The van der Waals surface area contributed by atoms with Crippen molar-refractivity contribution >= 4 is 0 Å². The normalized spacial score (nSPS) is 11.9. The van der Waals surface area contributed by atoms with E-state index in [1.165, 1.54) is 44.9 Å². The fourth-order valence-electron chi connectivity index (χ4n) is 1.47. The van der Waals surface area contributed by atoms with E-state index >= 15 is 0 Å². The monoisotopic (exact) mass is 207 g/mol. The van der Waals surface area contributed by atoms with Gasteiger partial charge in [-0.05, 0) is 38.5 Å². The molecule has 0 heteroatoms. The van der Waals surface area contributed by atoms with Crippen molar-refractivity contribution in [2.24, 2.45) is 0 Å². The molecule has 0 aromatic carbocycles. The number of hydrogen-bond donors (Lipinski definition) is 0. The fourth-order valence-corrected chi connectivity index (χ4v) is 1.47. The van der Waals surface area contributed by atoms with Gasteiger partial charge in [-0.15, -0.1) is 0 Å². The van der Waals surface area contributed by atoms with Gasteiger partial charge in [-0.2, -0.15) is 0 Å². The third-order valence-electron chi connectivity index (χ3n) is 2.43. The molecule has 0 bridgehead atoms. The molecule has 0 aliphatic rings. The lowest BCUT2D eigenvalue weighted by atomic mass is 10.1. The van der Waals surface area contributed by atoms with Crippen molar-refractivity contribution in [3.8, 4) is 0 Å². The van der Waals surface area contributed by atoms with Crippen LogP contribution in [-0.2, 0) is 0 Å². The quantitative estimate of drug-likeness (QED) is 0.329. The second-order valence-electron chi connectivity index (χ2n) is 4.01. The van der Waals surface area contributed by atoms with E-state index in [4.69, 9.17) is 0 Å². The van der Waals surface area contributed by atoms with Gasteiger partial charge in [0.2, 0.25) is 0 Å². The highest BCUT2D eigenvalue weighted by atomic mass is 13.9. The van der Waals surface area contributed by atoms with Gasteiger partial charge in [0.25, 0.3) is 0 Å². The first-order chi connectivity index (χ1) is 7.41. The molecule has 15 heavy (non-hydrogen) atoms. The molecule has 0 unspecified atom stereocenters. The molecule has 0 nitrogen and oxygen atoms in total. The molecule has 0 aliphatic carbocycles. The van der Waals surface area contributed by atoms with Crippen LogP contribution in [-0.4, -0.2) is 0 Å². The van der Waals surface area contributed by atoms with Gasteiger partial charge in [0.15, 0.2) is 0 Å². The highest BCUT2D eigenvalue weighted by molar-refractivity contribution is 4.88. The number of allylic oxidation sites excluding steroid dienone is 4. The Morgan fingerprint density at radius 1 is 0.733 bits per heavy atom. The smallest absolute Gasteiger partial charge is 0.0316 e. The molecule has 0 aliphatic heterocycles. The standard InChI is InChI=1S/C15H27/c1-3-5-7-9-11-13-15-14-12-10-8-6-4-2/h7,9,14-15H,1,3-6,8,10-13H2,2H3. The molecule has 0 saturated carbocycles. The van der Waals surface area contributed by atoms with Crippen molar-refractivity contribution in [2.75, 3.05) is 0 Å².